The maximum absolute atomic E-state index is 13.2. The molecule has 1 aliphatic heterocycles. The van der Waals surface area contributed by atoms with E-state index in [9.17, 15) is 9.50 Å². The van der Waals surface area contributed by atoms with Gasteiger partial charge in [-0.05, 0) is 49.1 Å². The summed E-state index contributed by atoms with van der Waals surface area (Å²) in [5.41, 5.74) is 2.33. The van der Waals surface area contributed by atoms with Crippen molar-refractivity contribution in [2.45, 2.75) is 50.3 Å². The fraction of sp³-hybridized carbons (Fsp3) is 0.400. The Bertz CT molecular complexity index is 987. The Kier molecular flexibility index (Phi) is 5.17. The van der Waals surface area contributed by atoms with E-state index in [1.54, 1.807) is 16.8 Å². The number of aliphatic hydroxyl groups is 1. The Labute approximate surface area is 177 Å². The molecule has 5 heteroatoms. The van der Waals surface area contributed by atoms with Crippen molar-refractivity contribution in [2.75, 3.05) is 6.54 Å². The second-order valence-corrected chi connectivity index (χ2v) is 8.74. The molecule has 4 nitrogen and oxygen atoms in total. The van der Waals surface area contributed by atoms with Crippen molar-refractivity contribution in [3.63, 3.8) is 0 Å². The van der Waals surface area contributed by atoms with E-state index in [2.05, 4.69) is 22.1 Å². The number of rotatable bonds is 4. The van der Waals surface area contributed by atoms with Gasteiger partial charge in [0.2, 0.25) is 0 Å². The Morgan fingerprint density at radius 1 is 1.03 bits per heavy atom. The van der Waals surface area contributed by atoms with Crippen LogP contribution in [0.15, 0.2) is 67.0 Å². The highest BCUT2D eigenvalue weighted by atomic mass is 19.1. The molecular formula is C25H28FN3O. The highest BCUT2D eigenvalue weighted by Gasteiger charge is 2.48. The van der Waals surface area contributed by atoms with Crippen LogP contribution >= 0.6 is 0 Å². The summed E-state index contributed by atoms with van der Waals surface area (Å²) in [5, 5.41) is 16.2. The maximum atomic E-state index is 13.2. The fourth-order valence-corrected chi connectivity index (χ4v) is 5.46. The first-order valence-corrected chi connectivity index (χ1v) is 10.9. The zero-order chi connectivity index (χ0) is 20.6. The summed E-state index contributed by atoms with van der Waals surface area (Å²) in [4.78, 5) is 2.53. The number of aromatic nitrogens is 2. The number of piperidine rings is 1. The van der Waals surface area contributed by atoms with Gasteiger partial charge in [-0.25, -0.2) is 9.07 Å². The maximum Gasteiger partial charge on any atom is 0.123 e. The first-order chi connectivity index (χ1) is 14.6. The summed E-state index contributed by atoms with van der Waals surface area (Å²) >= 11 is 0. The molecule has 2 fully saturated rings. The monoisotopic (exact) mass is 405 g/mol. The molecule has 1 N–H and O–H groups in total. The standard InChI is InChI=1S/C25H28FN3O/c26-21-10-12-22(13-11-21)29-18-19(16-27-29)17-28-15-14-25(30,20-6-2-1-3-7-20)23-8-4-5-9-24(23)28/h1-3,6-7,10-13,16,18,23-24,30H,4-5,8-9,14-15,17H2/t23-,24+,25+/m0/s1. The normalized spacial score (nSPS) is 27.0. The lowest BCUT2D eigenvalue weighted by molar-refractivity contribution is -0.123. The van der Waals surface area contributed by atoms with E-state index in [-0.39, 0.29) is 11.7 Å². The van der Waals surface area contributed by atoms with Crippen molar-refractivity contribution >= 4 is 0 Å². The van der Waals surface area contributed by atoms with Crippen LogP contribution < -0.4 is 0 Å². The SMILES string of the molecule is O[C@@]1(c2ccccc2)CCN(Cc2cnn(-c3ccc(F)cc3)c2)[C@@H]2CCCC[C@@H]21. The third-order valence-corrected chi connectivity index (χ3v) is 6.98. The highest BCUT2D eigenvalue weighted by molar-refractivity contribution is 5.31. The third-order valence-electron chi connectivity index (χ3n) is 6.98. The lowest BCUT2D eigenvalue weighted by Gasteiger charge is -2.52. The minimum Gasteiger partial charge on any atom is -0.385 e. The molecular weight excluding hydrogens is 377 g/mol. The van der Waals surface area contributed by atoms with Gasteiger partial charge < -0.3 is 5.11 Å². The molecule has 0 bridgehead atoms. The molecule has 0 amide bonds. The van der Waals surface area contributed by atoms with Gasteiger partial charge in [0, 0.05) is 36.8 Å². The van der Waals surface area contributed by atoms with Gasteiger partial charge in [0.1, 0.15) is 5.82 Å². The van der Waals surface area contributed by atoms with Crippen LogP contribution in [0.4, 0.5) is 4.39 Å². The van der Waals surface area contributed by atoms with E-state index in [1.807, 2.05) is 30.6 Å². The van der Waals surface area contributed by atoms with E-state index in [0.29, 0.717) is 6.04 Å². The number of hydrogen-bond donors (Lipinski definition) is 1. The largest absolute Gasteiger partial charge is 0.385 e. The quantitative estimate of drug-likeness (QED) is 0.686. The second-order valence-electron chi connectivity index (χ2n) is 8.74. The van der Waals surface area contributed by atoms with E-state index in [1.165, 1.54) is 25.0 Å². The third kappa shape index (κ3) is 3.57. The predicted octanol–water partition coefficient (Wildman–Crippen LogP) is 4.66. The van der Waals surface area contributed by atoms with Crippen molar-refractivity contribution < 1.29 is 9.50 Å². The zero-order valence-electron chi connectivity index (χ0n) is 17.1. The Morgan fingerprint density at radius 2 is 1.80 bits per heavy atom. The van der Waals surface area contributed by atoms with Gasteiger partial charge >= 0.3 is 0 Å². The van der Waals surface area contributed by atoms with E-state index in [0.717, 1.165) is 49.2 Å². The van der Waals surface area contributed by atoms with Crippen molar-refractivity contribution in [1.29, 1.82) is 0 Å². The first kappa shape index (κ1) is 19.5. The van der Waals surface area contributed by atoms with Crippen molar-refractivity contribution in [3.8, 4) is 5.69 Å². The molecule has 156 valence electrons. The Hall–Kier alpha value is -2.50. The average molecular weight is 406 g/mol. The molecule has 2 heterocycles. The summed E-state index contributed by atoms with van der Waals surface area (Å²) in [6.07, 6.45) is 9.30. The van der Waals surface area contributed by atoms with Crippen LogP contribution in [-0.2, 0) is 12.1 Å². The molecule has 2 aliphatic rings. The second kappa shape index (κ2) is 7.97. The number of benzene rings is 2. The summed E-state index contributed by atoms with van der Waals surface area (Å²) in [5.74, 6) is 0.0169. The number of likely N-dealkylation sites (tertiary alicyclic amines) is 1. The molecule has 30 heavy (non-hydrogen) atoms. The smallest absolute Gasteiger partial charge is 0.123 e. The molecule has 5 rings (SSSR count). The van der Waals surface area contributed by atoms with Gasteiger partial charge in [0.15, 0.2) is 0 Å². The molecule has 0 spiro atoms. The van der Waals surface area contributed by atoms with Crippen LogP contribution in [0.1, 0.15) is 43.2 Å². The molecule has 1 saturated heterocycles. The van der Waals surface area contributed by atoms with Gasteiger partial charge in [-0.1, -0.05) is 43.2 Å². The van der Waals surface area contributed by atoms with E-state index in [4.69, 9.17) is 0 Å². The topological polar surface area (TPSA) is 41.3 Å². The average Bonchev–Trinajstić information content (AvgIpc) is 3.26. The summed E-state index contributed by atoms with van der Waals surface area (Å²) < 4.78 is 15.0. The van der Waals surface area contributed by atoms with E-state index >= 15 is 0 Å². The Balaban J connectivity index is 1.36. The minimum absolute atomic E-state index is 0.242. The number of hydrogen-bond acceptors (Lipinski definition) is 3. The van der Waals surface area contributed by atoms with Gasteiger partial charge in [-0.3, -0.25) is 4.90 Å². The first-order valence-electron chi connectivity index (χ1n) is 10.9. The number of halogens is 1. The highest BCUT2D eigenvalue weighted by Crippen LogP contribution is 2.47. The molecule has 2 aromatic carbocycles. The molecule has 0 unspecified atom stereocenters. The van der Waals surface area contributed by atoms with Crippen LogP contribution in [0.3, 0.4) is 0 Å². The van der Waals surface area contributed by atoms with Crippen LogP contribution in [0.2, 0.25) is 0 Å². The number of fused-ring (bicyclic) bond motifs is 1. The lowest BCUT2D eigenvalue weighted by atomic mass is 9.66. The molecule has 0 radical (unpaired) electrons. The summed E-state index contributed by atoms with van der Waals surface area (Å²) in [6.45, 7) is 1.70. The van der Waals surface area contributed by atoms with Crippen molar-refractivity contribution in [1.82, 2.24) is 14.7 Å². The molecule has 3 aromatic rings. The van der Waals surface area contributed by atoms with E-state index < -0.39 is 5.60 Å². The minimum atomic E-state index is -0.735. The zero-order valence-corrected chi connectivity index (χ0v) is 17.1. The van der Waals surface area contributed by atoms with Gasteiger partial charge in [0.25, 0.3) is 0 Å². The van der Waals surface area contributed by atoms with Gasteiger partial charge in [-0.2, -0.15) is 5.10 Å². The van der Waals surface area contributed by atoms with Crippen LogP contribution in [0.25, 0.3) is 5.69 Å². The van der Waals surface area contributed by atoms with Crippen LogP contribution in [-0.4, -0.2) is 32.4 Å². The lowest BCUT2D eigenvalue weighted by Crippen LogP contribution is -2.57. The molecule has 1 aromatic heterocycles. The Morgan fingerprint density at radius 3 is 2.60 bits per heavy atom. The molecule has 3 atom stereocenters. The molecule has 1 aliphatic carbocycles. The molecule has 1 saturated carbocycles. The predicted molar refractivity (Wildman–Crippen MR) is 115 cm³/mol. The number of nitrogens with zero attached hydrogens (tertiary/aromatic N) is 3. The van der Waals surface area contributed by atoms with Gasteiger partial charge in [0.05, 0.1) is 17.5 Å². The summed E-state index contributed by atoms with van der Waals surface area (Å²) in [6, 6.07) is 17.0. The van der Waals surface area contributed by atoms with Crippen LogP contribution in [0.5, 0.6) is 0 Å². The fourth-order valence-electron chi connectivity index (χ4n) is 5.46. The summed E-state index contributed by atoms with van der Waals surface area (Å²) in [7, 11) is 0. The van der Waals surface area contributed by atoms with Crippen LogP contribution in [0, 0.1) is 11.7 Å². The van der Waals surface area contributed by atoms with Crippen molar-refractivity contribution in [2.24, 2.45) is 5.92 Å². The van der Waals surface area contributed by atoms with Crippen molar-refractivity contribution in [3.05, 3.63) is 83.9 Å². The van der Waals surface area contributed by atoms with Gasteiger partial charge in [-0.15, -0.1) is 0 Å².